The SMILES string of the molecule is CCN(CC)CCN(CCCN1C(=O)NC(C)(C)C1=O)CCC(F)(F)F. The Hall–Kier alpha value is -1.35. The molecule has 0 aromatic heterocycles. The fraction of sp³-hybridized carbons (Fsp3) is 0.882. The third-order valence-corrected chi connectivity index (χ3v) is 4.64. The Kier molecular flexibility index (Phi) is 8.33. The average Bonchev–Trinajstić information content (AvgIpc) is 2.73. The van der Waals surface area contributed by atoms with Crippen molar-refractivity contribution in [3.8, 4) is 0 Å². The number of alkyl halides is 3. The van der Waals surface area contributed by atoms with Gasteiger partial charge < -0.3 is 15.1 Å². The van der Waals surface area contributed by atoms with E-state index in [9.17, 15) is 22.8 Å². The predicted molar refractivity (Wildman–Crippen MR) is 93.8 cm³/mol. The number of carbonyl (C=O) groups excluding carboxylic acids is 2. The van der Waals surface area contributed by atoms with Gasteiger partial charge in [0.05, 0.1) is 6.42 Å². The van der Waals surface area contributed by atoms with E-state index >= 15 is 0 Å². The maximum Gasteiger partial charge on any atom is 0.390 e. The van der Waals surface area contributed by atoms with Crippen LogP contribution in [0.2, 0.25) is 0 Å². The quantitative estimate of drug-likeness (QED) is 0.559. The van der Waals surface area contributed by atoms with Gasteiger partial charge in [-0.05, 0) is 39.9 Å². The van der Waals surface area contributed by atoms with E-state index < -0.39 is 24.2 Å². The molecule has 0 saturated carbocycles. The molecule has 1 saturated heterocycles. The van der Waals surface area contributed by atoms with Crippen molar-refractivity contribution in [2.24, 2.45) is 0 Å². The first-order chi connectivity index (χ1) is 12.0. The summed E-state index contributed by atoms with van der Waals surface area (Å²) in [6, 6.07) is -0.440. The maximum atomic E-state index is 12.6. The summed E-state index contributed by atoms with van der Waals surface area (Å²) in [6.45, 7) is 10.8. The van der Waals surface area contributed by atoms with Gasteiger partial charge in [0.2, 0.25) is 0 Å². The van der Waals surface area contributed by atoms with Crippen LogP contribution in [0.3, 0.4) is 0 Å². The molecule has 0 aromatic rings. The van der Waals surface area contributed by atoms with E-state index in [4.69, 9.17) is 0 Å². The van der Waals surface area contributed by atoms with Crippen LogP contribution < -0.4 is 5.32 Å². The van der Waals surface area contributed by atoms with Crippen LogP contribution in [0.4, 0.5) is 18.0 Å². The van der Waals surface area contributed by atoms with Crippen molar-refractivity contribution >= 4 is 11.9 Å². The fourth-order valence-corrected chi connectivity index (χ4v) is 2.92. The van der Waals surface area contributed by atoms with Gasteiger partial charge in [-0.25, -0.2) is 4.79 Å². The van der Waals surface area contributed by atoms with Gasteiger partial charge in [-0.1, -0.05) is 13.8 Å². The van der Waals surface area contributed by atoms with E-state index in [0.717, 1.165) is 18.0 Å². The zero-order valence-corrected chi connectivity index (χ0v) is 16.2. The first kappa shape index (κ1) is 22.7. The Morgan fingerprint density at radius 3 is 2.04 bits per heavy atom. The summed E-state index contributed by atoms with van der Waals surface area (Å²) in [5, 5.41) is 2.60. The highest BCUT2D eigenvalue weighted by molar-refractivity contribution is 6.06. The lowest BCUT2D eigenvalue weighted by molar-refractivity contribution is -0.138. The van der Waals surface area contributed by atoms with Crippen LogP contribution in [0, 0.1) is 0 Å². The number of urea groups is 1. The maximum absolute atomic E-state index is 12.6. The molecule has 1 N–H and O–H groups in total. The predicted octanol–water partition coefficient (Wildman–Crippen LogP) is 2.30. The molecule has 1 aliphatic rings. The summed E-state index contributed by atoms with van der Waals surface area (Å²) in [5.74, 6) is -0.299. The lowest BCUT2D eigenvalue weighted by atomic mass is 10.1. The van der Waals surface area contributed by atoms with E-state index in [1.807, 2.05) is 13.8 Å². The number of nitrogens with one attached hydrogen (secondary N) is 1. The van der Waals surface area contributed by atoms with E-state index in [-0.39, 0.29) is 19.0 Å². The van der Waals surface area contributed by atoms with Crippen molar-refractivity contribution in [1.29, 1.82) is 0 Å². The molecule has 0 radical (unpaired) electrons. The Balaban J connectivity index is 2.53. The zero-order valence-electron chi connectivity index (χ0n) is 16.2. The number of likely N-dealkylation sites (N-methyl/N-ethyl adjacent to an activating group) is 1. The minimum Gasteiger partial charge on any atom is -0.324 e. The molecular weight excluding hydrogens is 349 g/mol. The summed E-state index contributed by atoms with van der Waals surface area (Å²) < 4.78 is 37.7. The Morgan fingerprint density at radius 1 is 1.00 bits per heavy atom. The molecule has 1 rings (SSSR count). The van der Waals surface area contributed by atoms with Gasteiger partial charge in [-0.3, -0.25) is 9.69 Å². The standard InChI is InChI=1S/C17H31F3N4O2/c1-5-22(6-2)12-13-23(11-8-17(18,19)20)9-7-10-24-14(25)16(3,4)21-15(24)26/h5-13H2,1-4H3,(H,21,26). The van der Waals surface area contributed by atoms with Crippen molar-refractivity contribution in [2.45, 2.75) is 52.3 Å². The molecule has 0 aromatic carbocycles. The molecule has 1 aliphatic heterocycles. The molecule has 1 fully saturated rings. The van der Waals surface area contributed by atoms with E-state index in [2.05, 4.69) is 10.2 Å². The van der Waals surface area contributed by atoms with Crippen LogP contribution in [0.25, 0.3) is 0 Å². The van der Waals surface area contributed by atoms with Gasteiger partial charge in [-0.15, -0.1) is 0 Å². The third-order valence-electron chi connectivity index (χ3n) is 4.64. The number of carbonyl (C=O) groups is 2. The average molecular weight is 380 g/mol. The minimum atomic E-state index is -4.19. The third kappa shape index (κ3) is 7.11. The van der Waals surface area contributed by atoms with Gasteiger partial charge in [0, 0.05) is 26.2 Å². The molecule has 9 heteroatoms. The zero-order chi connectivity index (χ0) is 20.0. The Morgan fingerprint density at radius 2 is 1.58 bits per heavy atom. The second kappa shape index (κ2) is 9.55. The highest BCUT2D eigenvalue weighted by Gasteiger charge is 2.43. The largest absolute Gasteiger partial charge is 0.390 e. The minimum absolute atomic E-state index is 0.0730. The van der Waals surface area contributed by atoms with Crippen molar-refractivity contribution in [2.75, 3.05) is 45.8 Å². The lowest BCUT2D eigenvalue weighted by Gasteiger charge is -2.27. The van der Waals surface area contributed by atoms with Crippen molar-refractivity contribution < 1.29 is 22.8 Å². The Bertz CT molecular complexity index is 479. The molecule has 3 amide bonds. The highest BCUT2D eigenvalue weighted by atomic mass is 19.4. The summed E-state index contributed by atoms with van der Waals surface area (Å²) in [6.07, 6.45) is -4.60. The topological polar surface area (TPSA) is 55.9 Å². The number of amides is 3. The van der Waals surface area contributed by atoms with Crippen LogP contribution in [-0.4, -0.2) is 84.2 Å². The molecule has 0 bridgehead atoms. The summed E-state index contributed by atoms with van der Waals surface area (Å²) in [4.78, 5) is 29.0. The molecule has 26 heavy (non-hydrogen) atoms. The molecule has 0 atom stereocenters. The van der Waals surface area contributed by atoms with Gasteiger partial charge in [0.1, 0.15) is 5.54 Å². The highest BCUT2D eigenvalue weighted by Crippen LogP contribution is 2.20. The molecule has 0 aliphatic carbocycles. The lowest BCUT2D eigenvalue weighted by Crippen LogP contribution is -2.41. The van der Waals surface area contributed by atoms with Crippen LogP contribution in [0.1, 0.15) is 40.5 Å². The van der Waals surface area contributed by atoms with E-state index in [1.54, 1.807) is 18.7 Å². The summed E-state index contributed by atoms with van der Waals surface area (Å²) in [7, 11) is 0. The van der Waals surface area contributed by atoms with Crippen LogP contribution in [0.5, 0.6) is 0 Å². The normalized spacial score (nSPS) is 17.5. The van der Waals surface area contributed by atoms with E-state index in [0.29, 0.717) is 26.1 Å². The van der Waals surface area contributed by atoms with Gasteiger partial charge in [0.15, 0.2) is 0 Å². The number of imide groups is 1. The van der Waals surface area contributed by atoms with Gasteiger partial charge in [0.25, 0.3) is 5.91 Å². The second-order valence-electron chi connectivity index (χ2n) is 7.10. The Labute approximate surface area is 153 Å². The summed E-state index contributed by atoms with van der Waals surface area (Å²) in [5.41, 5.74) is -0.921. The fourth-order valence-electron chi connectivity index (χ4n) is 2.92. The van der Waals surface area contributed by atoms with Gasteiger partial charge in [-0.2, -0.15) is 13.2 Å². The smallest absolute Gasteiger partial charge is 0.324 e. The van der Waals surface area contributed by atoms with Crippen molar-refractivity contribution in [1.82, 2.24) is 20.0 Å². The number of halogens is 3. The number of hydrogen-bond donors (Lipinski definition) is 1. The van der Waals surface area contributed by atoms with Gasteiger partial charge >= 0.3 is 12.2 Å². The van der Waals surface area contributed by atoms with Crippen LogP contribution >= 0.6 is 0 Å². The first-order valence-electron chi connectivity index (χ1n) is 9.15. The number of rotatable bonds is 11. The monoisotopic (exact) mass is 380 g/mol. The van der Waals surface area contributed by atoms with Crippen molar-refractivity contribution in [3.05, 3.63) is 0 Å². The number of hydrogen-bond acceptors (Lipinski definition) is 4. The molecular formula is C17H31F3N4O2. The van der Waals surface area contributed by atoms with E-state index in [1.165, 1.54) is 0 Å². The first-order valence-corrected chi connectivity index (χ1v) is 9.15. The molecule has 0 spiro atoms. The van der Waals surface area contributed by atoms with Crippen molar-refractivity contribution in [3.63, 3.8) is 0 Å². The molecule has 152 valence electrons. The molecule has 1 heterocycles. The van der Waals surface area contributed by atoms with Crippen LogP contribution in [0.15, 0.2) is 0 Å². The number of nitrogens with zero attached hydrogens (tertiary/aromatic N) is 3. The van der Waals surface area contributed by atoms with Crippen LogP contribution in [-0.2, 0) is 4.79 Å². The second-order valence-corrected chi connectivity index (χ2v) is 7.10. The summed E-state index contributed by atoms with van der Waals surface area (Å²) >= 11 is 0. The molecule has 0 unspecified atom stereocenters. The molecule has 6 nitrogen and oxygen atoms in total.